The minimum Gasteiger partial charge on any atom is -0.370 e. The Labute approximate surface area is 225 Å². The number of nitrogens with two attached hydrogens (primary N) is 1. The van der Waals surface area contributed by atoms with Crippen molar-refractivity contribution in [3.05, 3.63) is 68.7 Å². The van der Waals surface area contributed by atoms with Crippen molar-refractivity contribution < 1.29 is 31.1 Å². The molecule has 0 spiro atoms. The van der Waals surface area contributed by atoms with Crippen LogP contribution in [-0.4, -0.2) is 66.3 Å². The van der Waals surface area contributed by atoms with Gasteiger partial charge in [-0.1, -0.05) is 29.3 Å². The van der Waals surface area contributed by atoms with Crippen molar-refractivity contribution in [1.29, 1.82) is 5.41 Å². The Morgan fingerprint density at radius 2 is 1.53 bits per heavy atom. The summed E-state index contributed by atoms with van der Waals surface area (Å²) in [6.45, 7) is 1.94. The second-order valence-electron chi connectivity index (χ2n) is 8.96. The van der Waals surface area contributed by atoms with Crippen LogP contribution >= 0.6 is 23.2 Å². The summed E-state index contributed by atoms with van der Waals surface area (Å²) in [5, 5.41) is 8.23. The van der Waals surface area contributed by atoms with Gasteiger partial charge in [0.2, 0.25) is 5.91 Å². The number of carbonyl (C=O) groups excluding carboxylic acids is 1. The first-order chi connectivity index (χ1) is 17.6. The van der Waals surface area contributed by atoms with Gasteiger partial charge in [-0.2, -0.15) is 26.3 Å². The fraction of sp³-hybridized carbons (Fsp3) is 0.417. The number of benzene rings is 2. The zero-order chi connectivity index (χ0) is 28.4. The molecular weight excluding hydrogens is 559 g/mol. The number of amides is 1. The van der Waals surface area contributed by atoms with E-state index in [1.807, 2.05) is 4.90 Å². The molecular formula is C24H25Cl2F6N5O. The highest BCUT2D eigenvalue weighted by molar-refractivity contribution is 6.42. The third kappa shape index (κ3) is 7.45. The minimum absolute atomic E-state index is 0.0265. The van der Waals surface area contributed by atoms with Gasteiger partial charge >= 0.3 is 12.4 Å². The van der Waals surface area contributed by atoms with E-state index < -0.39 is 47.4 Å². The fourth-order valence-electron chi connectivity index (χ4n) is 4.22. The van der Waals surface area contributed by atoms with Crippen LogP contribution in [0.5, 0.6) is 0 Å². The Hall–Kier alpha value is -2.70. The Morgan fingerprint density at radius 1 is 0.974 bits per heavy atom. The standard InChI is InChI=1S/C24H25Cl2F6N5O/c1-35(21(38)10-14-8-16(23(27,28)29)12-17(9-14)24(30,31)32)13-20(15-2-3-18(25)19(26)11-15)36-4-6-37(7-5-36)22(33)34/h2-3,8-9,11-12,20H,4-7,10,13H2,1H3,(H3,33,34). The lowest BCUT2D eigenvalue weighted by Gasteiger charge is -2.41. The first-order valence-corrected chi connectivity index (χ1v) is 12.1. The van der Waals surface area contributed by atoms with Crippen LogP contribution in [0.15, 0.2) is 36.4 Å². The van der Waals surface area contributed by atoms with Crippen molar-refractivity contribution in [3.8, 4) is 0 Å². The molecule has 3 N–H and O–H groups in total. The van der Waals surface area contributed by atoms with Gasteiger partial charge in [-0.3, -0.25) is 15.1 Å². The molecule has 1 saturated heterocycles. The summed E-state index contributed by atoms with van der Waals surface area (Å²) in [5.41, 5.74) is 2.93. The number of carbonyl (C=O) groups is 1. The third-order valence-corrected chi connectivity index (χ3v) is 7.04. The lowest BCUT2D eigenvalue weighted by molar-refractivity contribution is -0.143. The molecule has 6 nitrogen and oxygen atoms in total. The van der Waals surface area contributed by atoms with E-state index in [0.717, 1.165) is 0 Å². The first-order valence-electron chi connectivity index (χ1n) is 11.4. The van der Waals surface area contributed by atoms with Crippen molar-refractivity contribution in [3.63, 3.8) is 0 Å². The lowest BCUT2D eigenvalue weighted by atomic mass is 10.0. The molecule has 2 aromatic rings. The number of guanidine groups is 1. The summed E-state index contributed by atoms with van der Waals surface area (Å²) < 4.78 is 79.3. The van der Waals surface area contributed by atoms with Crippen molar-refractivity contribution >= 4 is 35.1 Å². The summed E-state index contributed by atoms with van der Waals surface area (Å²) >= 11 is 12.3. The second kappa shape index (κ2) is 11.6. The van der Waals surface area contributed by atoms with E-state index in [2.05, 4.69) is 0 Å². The number of nitrogens with one attached hydrogen (secondary N) is 1. The number of alkyl halides is 6. The monoisotopic (exact) mass is 583 g/mol. The van der Waals surface area contributed by atoms with Crippen LogP contribution in [0.3, 0.4) is 0 Å². The van der Waals surface area contributed by atoms with E-state index in [1.54, 1.807) is 23.1 Å². The van der Waals surface area contributed by atoms with Gasteiger partial charge in [-0.05, 0) is 41.5 Å². The maximum atomic E-state index is 13.2. The third-order valence-electron chi connectivity index (χ3n) is 6.30. The highest BCUT2D eigenvalue weighted by Crippen LogP contribution is 2.36. The molecule has 1 aliphatic rings. The molecule has 1 fully saturated rings. The maximum absolute atomic E-state index is 13.2. The van der Waals surface area contributed by atoms with Crippen molar-refractivity contribution in [1.82, 2.24) is 14.7 Å². The molecule has 38 heavy (non-hydrogen) atoms. The largest absolute Gasteiger partial charge is 0.416 e. The predicted molar refractivity (Wildman–Crippen MR) is 132 cm³/mol. The molecule has 14 heteroatoms. The van der Waals surface area contributed by atoms with Gasteiger partial charge in [0, 0.05) is 39.8 Å². The van der Waals surface area contributed by atoms with Crippen molar-refractivity contribution in [2.75, 3.05) is 39.8 Å². The molecule has 208 valence electrons. The maximum Gasteiger partial charge on any atom is 0.416 e. The molecule has 1 amide bonds. The normalized spacial score (nSPS) is 15.9. The number of likely N-dealkylation sites (N-methyl/N-ethyl adjacent to an activating group) is 1. The van der Waals surface area contributed by atoms with E-state index in [0.29, 0.717) is 48.9 Å². The van der Waals surface area contributed by atoms with Gasteiger partial charge in [0.05, 0.1) is 33.6 Å². The molecule has 3 rings (SSSR count). The average molecular weight is 584 g/mol. The molecule has 1 aliphatic heterocycles. The Kier molecular flexibility index (Phi) is 9.10. The van der Waals surface area contributed by atoms with E-state index in [9.17, 15) is 31.1 Å². The van der Waals surface area contributed by atoms with E-state index >= 15 is 0 Å². The summed E-state index contributed by atoms with van der Waals surface area (Å²) in [7, 11) is 1.43. The number of rotatable bonds is 6. The van der Waals surface area contributed by atoms with Gasteiger partial charge in [-0.15, -0.1) is 0 Å². The summed E-state index contributed by atoms with van der Waals surface area (Å²) in [6, 6.07) is 5.69. The SMILES string of the molecule is CN(CC(c1ccc(Cl)c(Cl)c1)N1CCN(C(=N)N)CC1)C(=O)Cc1cc(C(F)(F)F)cc(C(F)(F)F)c1. The van der Waals surface area contributed by atoms with Crippen molar-refractivity contribution in [2.24, 2.45) is 5.73 Å². The van der Waals surface area contributed by atoms with Crippen LogP contribution in [0.25, 0.3) is 0 Å². The summed E-state index contributed by atoms with van der Waals surface area (Å²) in [4.78, 5) is 18.0. The molecule has 0 radical (unpaired) electrons. The Morgan fingerprint density at radius 3 is 2.00 bits per heavy atom. The smallest absolute Gasteiger partial charge is 0.370 e. The summed E-state index contributed by atoms with van der Waals surface area (Å²) in [5.74, 6) is -0.729. The highest BCUT2D eigenvalue weighted by atomic mass is 35.5. The van der Waals surface area contributed by atoms with Crippen LogP contribution in [0, 0.1) is 5.41 Å². The Balaban J connectivity index is 1.84. The predicted octanol–water partition coefficient (Wildman–Crippen LogP) is 5.28. The fourth-order valence-corrected chi connectivity index (χ4v) is 4.52. The van der Waals surface area contributed by atoms with Gasteiger partial charge in [0.1, 0.15) is 0 Å². The van der Waals surface area contributed by atoms with E-state index in [-0.39, 0.29) is 23.6 Å². The molecule has 1 atom stereocenters. The van der Waals surface area contributed by atoms with Gasteiger partial charge < -0.3 is 15.5 Å². The van der Waals surface area contributed by atoms with Gasteiger partial charge in [-0.25, -0.2) is 0 Å². The zero-order valence-corrected chi connectivity index (χ0v) is 21.6. The molecule has 0 aliphatic carbocycles. The topological polar surface area (TPSA) is 76.7 Å². The number of nitrogens with zero attached hydrogens (tertiary/aromatic N) is 3. The molecule has 1 heterocycles. The van der Waals surface area contributed by atoms with E-state index in [1.165, 1.54) is 11.9 Å². The van der Waals surface area contributed by atoms with Crippen LogP contribution < -0.4 is 5.73 Å². The summed E-state index contributed by atoms with van der Waals surface area (Å²) in [6.07, 6.45) is -10.7. The van der Waals surface area contributed by atoms with Crippen LogP contribution in [0.1, 0.15) is 28.3 Å². The quantitative estimate of drug-likeness (QED) is 0.275. The molecule has 0 bridgehead atoms. The lowest BCUT2D eigenvalue weighted by Crippen LogP contribution is -2.53. The van der Waals surface area contributed by atoms with Crippen LogP contribution in [0.4, 0.5) is 26.3 Å². The van der Waals surface area contributed by atoms with Crippen LogP contribution in [-0.2, 0) is 23.6 Å². The highest BCUT2D eigenvalue weighted by Gasteiger charge is 2.37. The van der Waals surface area contributed by atoms with Gasteiger partial charge in [0.25, 0.3) is 0 Å². The molecule has 0 aromatic heterocycles. The number of hydrogen-bond donors (Lipinski definition) is 2. The Bertz CT molecular complexity index is 1150. The second-order valence-corrected chi connectivity index (χ2v) is 9.78. The zero-order valence-electron chi connectivity index (χ0n) is 20.1. The van der Waals surface area contributed by atoms with E-state index in [4.69, 9.17) is 34.3 Å². The number of halogens is 8. The number of piperazine rings is 1. The van der Waals surface area contributed by atoms with Crippen molar-refractivity contribution in [2.45, 2.75) is 24.8 Å². The molecule has 1 unspecified atom stereocenters. The first kappa shape index (κ1) is 29.9. The molecule has 0 saturated carbocycles. The molecule has 2 aromatic carbocycles. The number of hydrogen-bond acceptors (Lipinski definition) is 3. The van der Waals surface area contributed by atoms with Gasteiger partial charge in [0.15, 0.2) is 5.96 Å². The van der Waals surface area contributed by atoms with Crippen LogP contribution in [0.2, 0.25) is 10.0 Å². The average Bonchev–Trinajstić information content (AvgIpc) is 2.83. The minimum atomic E-state index is -5.01.